The van der Waals surface area contributed by atoms with Gasteiger partial charge in [0.1, 0.15) is 22.9 Å². The molecular formula is C14H21OS+. The van der Waals surface area contributed by atoms with Gasteiger partial charge in [-0.15, -0.1) is 0 Å². The Hall–Kier alpha value is -0.630. The van der Waals surface area contributed by atoms with Crippen LogP contribution in [-0.2, 0) is 10.9 Å². The first-order valence-corrected chi connectivity index (χ1v) is 7.57. The van der Waals surface area contributed by atoms with Gasteiger partial charge in [0.05, 0.1) is 0 Å². The van der Waals surface area contributed by atoms with E-state index < -0.39 is 0 Å². The molecule has 0 aromatic heterocycles. The molecule has 16 heavy (non-hydrogen) atoms. The first-order valence-electron chi connectivity index (χ1n) is 6.01. The van der Waals surface area contributed by atoms with Crippen molar-refractivity contribution in [1.29, 1.82) is 0 Å². The molecule has 2 rings (SSSR count). The van der Waals surface area contributed by atoms with E-state index in [9.17, 15) is 0 Å². The van der Waals surface area contributed by atoms with Crippen LogP contribution in [0, 0.1) is 0 Å². The quantitative estimate of drug-likeness (QED) is 0.714. The fourth-order valence-corrected chi connectivity index (χ4v) is 4.25. The number of hydrogen-bond acceptors (Lipinski definition) is 1. The summed E-state index contributed by atoms with van der Waals surface area (Å²) in [5.74, 6) is 3.76. The van der Waals surface area contributed by atoms with Crippen LogP contribution in [-0.4, -0.2) is 17.1 Å². The Morgan fingerprint density at radius 3 is 2.06 bits per heavy atom. The molecule has 1 aromatic rings. The third kappa shape index (κ3) is 3.18. The number of ether oxygens (including phenoxy) is 1. The van der Waals surface area contributed by atoms with E-state index in [0.29, 0.717) is 10.9 Å². The lowest BCUT2D eigenvalue weighted by molar-refractivity contribution is 0.131. The fraction of sp³-hybridized carbons (Fsp3) is 0.571. The van der Waals surface area contributed by atoms with Gasteiger partial charge in [0.25, 0.3) is 0 Å². The van der Waals surface area contributed by atoms with Crippen molar-refractivity contribution in [1.82, 2.24) is 0 Å². The average molecular weight is 237 g/mol. The van der Waals surface area contributed by atoms with E-state index in [0.717, 1.165) is 5.75 Å². The second-order valence-electron chi connectivity index (χ2n) is 5.29. The van der Waals surface area contributed by atoms with Gasteiger partial charge in [0.15, 0.2) is 4.90 Å². The smallest absolute Gasteiger partial charge is 0.155 e. The maximum atomic E-state index is 5.82. The highest BCUT2D eigenvalue weighted by molar-refractivity contribution is 7.97. The van der Waals surface area contributed by atoms with Crippen LogP contribution in [0.4, 0.5) is 0 Å². The molecule has 1 saturated heterocycles. The zero-order valence-electron chi connectivity index (χ0n) is 10.5. The standard InChI is InChI=1S/C14H21OS/c1-14(2,3)15-12-6-8-13(9-7-12)16-10-4-5-11-16/h6-9H,4-5,10-11H2,1-3H3/q+1. The summed E-state index contributed by atoms with van der Waals surface area (Å²) in [4.78, 5) is 1.51. The van der Waals surface area contributed by atoms with Crippen LogP contribution in [0.25, 0.3) is 0 Å². The first kappa shape index (κ1) is 11.8. The zero-order valence-corrected chi connectivity index (χ0v) is 11.3. The van der Waals surface area contributed by atoms with Crippen LogP contribution < -0.4 is 4.74 Å². The third-order valence-electron chi connectivity index (χ3n) is 2.61. The Morgan fingerprint density at radius 1 is 1.00 bits per heavy atom. The number of hydrogen-bond donors (Lipinski definition) is 0. The topological polar surface area (TPSA) is 9.23 Å². The van der Waals surface area contributed by atoms with Gasteiger partial charge in [-0.3, -0.25) is 0 Å². The molecule has 0 atom stereocenters. The molecule has 88 valence electrons. The third-order valence-corrected chi connectivity index (χ3v) is 5.11. The highest BCUT2D eigenvalue weighted by Gasteiger charge is 2.26. The normalized spacial score (nSPS) is 17.7. The van der Waals surface area contributed by atoms with Gasteiger partial charge in [0.2, 0.25) is 0 Å². The van der Waals surface area contributed by atoms with Crippen molar-refractivity contribution >= 4 is 10.9 Å². The summed E-state index contributed by atoms with van der Waals surface area (Å²) in [5.41, 5.74) is -0.100. The van der Waals surface area contributed by atoms with Crippen molar-refractivity contribution in [3.8, 4) is 5.75 Å². The Bertz CT molecular complexity index is 331. The molecule has 0 amide bonds. The lowest BCUT2D eigenvalue weighted by atomic mass is 10.2. The van der Waals surface area contributed by atoms with Crippen molar-refractivity contribution in [2.24, 2.45) is 0 Å². The lowest BCUT2D eigenvalue weighted by Gasteiger charge is -2.21. The summed E-state index contributed by atoms with van der Waals surface area (Å²) < 4.78 is 5.82. The predicted octanol–water partition coefficient (Wildman–Crippen LogP) is 3.63. The van der Waals surface area contributed by atoms with Crippen molar-refractivity contribution in [2.75, 3.05) is 11.5 Å². The molecule has 2 heteroatoms. The molecule has 0 aliphatic carbocycles. The lowest BCUT2D eigenvalue weighted by Crippen LogP contribution is -2.22. The molecule has 1 nitrogen and oxygen atoms in total. The van der Waals surface area contributed by atoms with E-state index in [1.54, 1.807) is 0 Å². The summed E-state index contributed by atoms with van der Waals surface area (Å²) in [7, 11) is 0.522. The number of benzene rings is 1. The van der Waals surface area contributed by atoms with Gasteiger partial charge in [-0.2, -0.15) is 0 Å². The Balaban J connectivity index is 2.04. The van der Waals surface area contributed by atoms with Crippen LogP contribution in [0.3, 0.4) is 0 Å². The molecule has 0 radical (unpaired) electrons. The van der Waals surface area contributed by atoms with E-state index in [1.807, 2.05) is 0 Å². The van der Waals surface area contributed by atoms with Crippen LogP contribution in [0.1, 0.15) is 33.6 Å². The summed E-state index contributed by atoms with van der Waals surface area (Å²) in [6, 6.07) is 8.73. The zero-order chi connectivity index (χ0) is 11.6. The molecule has 0 N–H and O–H groups in total. The van der Waals surface area contributed by atoms with Gasteiger partial charge in [-0.1, -0.05) is 0 Å². The molecule has 0 spiro atoms. The summed E-state index contributed by atoms with van der Waals surface area (Å²) >= 11 is 0. The summed E-state index contributed by atoms with van der Waals surface area (Å²) in [6.07, 6.45) is 2.81. The highest BCUT2D eigenvalue weighted by Crippen LogP contribution is 2.26. The summed E-state index contributed by atoms with van der Waals surface area (Å²) in [6.45, 7) is 6.25. The number of rotatable bonds is 2. The molecule has 0 unspecified atom stereocenters. The first-order chi connectivity index (χ1) is 7.54. The van der Waals surface area contributed by atoms with E-state index in [4.69, 9.17) is 4.74 Å². The van der Waals surface area contributed by atoms with Gasteiger partial charge < -0.3 is 4.74 Å². The Labute approximate surface area is 102 Å². The molecule has 1 aromatic carbocycles. The molecule has 0 bridgehead atoms. The van der Waals surface area contributed by atoms with E-state index in [1.165, 1.54) is 29.2 Å². The maximum Gasteiger partial charge on any atom is 0.155 e. The van der Waals surface area contributed by atoms with Crippen molar-refractivity contribution in [3.63, 3.8) is 0 Å². The highest BCUT2D eigenvalue weighted by atomic mass is 32.2. The Kier molecular flexibility index (Phi) is 3.48. The molecule has 1 fully saturated rings. The molecule has 0 saturated carbocycles. The van der Waals surface area contributed by atoms with Crippen molar-refractivity contribution in [3.05, 3.63) is 24.3 Å². The largest absolute Gasteiger partial charge is 0.488 e. The van der Waals surface area contributed by atoms with E-state index >= 15 is 0 Å². The monoisotopic (exact) mass is 237 g/mol. The van der Waals surface area contributed by atoms with Gasteiger partial charge in [-0.25, -0.2) is 0 Å². The van der Waals surface area contributed by atoms with Crippen molar-refractivity contribution < 1.29 is 4.74 Å². The van der Waals surface area contributed by atoms with E-state index in [-0.39, 0.29) is 5.60 Å². The minimum atomic E-state index is -0.100. The summed E-state index contributed by atoms with van der Waals surface area (Å²) in [5, 5.41) is 0. The van der Waals surface area contributed by atoms with Crippen LogP contribution in [0.2, 0.25) is 0 Å². The van der Waals surface area contributed by atoms with Crippen LogP contribution in [0.15, 0.2) is 29.2 Å². The molecule has 1 aliphatic heterocycles. The predicted molar refractivity (Wildman–Crippen MR) is 71.4 cm³/mol. The maximum absolute atomic E-state index is 5.82. The molecular weight excluding hydrogens is 216 g/mol. The SMILES string of the molecule is CC(C)(C)Oc1ccc([S+]2CCCC2)cc1. The second-order valence-corrected chi connectivity index (χ2v) is 7.57. The van der Waals surface area contributed by atoms with Gasteiger partial charge in [0, 0.05) is 10.9 Å². The molecule has 1 heterocycles. The average Bonchev–Trinajstić information content (AvgIpc) is 2.69. The van der Waals surface area contributed by atoms with E-state index in [2.05, 4.69) is 45.0 Å². The van der Waals surface area contributed by atoms with Crippen molar-refractivity contribution in [2.45, 2.75) is 44.1 Å². The second kappa shape index (κ2) is 4.70. The molecule has 1 aliphatic rings. The van der Waals surface area contributed by atoms with Gasteiger partial charge >= 0.3 is 0 Å². The van der Waals surface area contributed by atoms with Crippen LogP contribution in [0.5, 0.6) is 5.75 Å². The fourth-order valence-electron chi connectivity index (χ4n) is 1.94. The van der Waals surface area contributed by atoms with Gasteiger partial charge in [-0.05, 0) is 57.9 Å². The minimum Gasteiger partial charge on any atom is -0.488 e. The van der Waals surface area contributed by atoms with Crippen LogP contribution >= 0.6 is 0 Å². The Morgan fingerprint density at radius 2 is 1.56 bits per heavy atom. The minimum absolute atomic E-state index is 0.100.